The van der Waals surface area contributed by atoms with Crippen molar-refractivity contribution in [3.63, 3.8) is 0 Å². The lowest BCUT2D eigenvalue weighted by molar-refractivity contribution is -0.127. The Hall–Kier alpha value is -3.38. The number of rotatable bonds is 13. The van der Waals surface area contributed by atoms with Gasteiger partial charge >= 0.3 is 0 Å². The molecular formula is C32H52FN5O6. The number of carbonyl (C=O) groups is 3. The summed E-state index contributed by atoms with van der Waals surface area (Å²) < 4.78 is 26.6. The number of halogens is 1. The number of amides is 3. The molecule has 1 aromatic carbocycles. The molecule has 1 spiro atoms. The molecule has 0 saturated heterocycles. The third-order valence-electron chi connectivity index (χ3n) is 6.79. The first-order valence-electron chi connectivity index (χ1n) is 15.7. The SMILES string of the molecule is CC.CC.CC(=O)NC1CC2(C1)CC(NC(=O)CCOCCOCCNC(=O)c1ccc(-c3nnc(C)o3)cc1)C2.CCF. The first-order chi connectivity index (χ1) is 21.2. The van der Waals surface area contributed by atoms with Gasteiger partial charge in [-0.05, 0) is 62.3 Å². The maximum absolute atomic E-state index is 12.2. The molecule has 0 atom stereocenters. The van der Waals surface area contributed by atoms with E-state index >= 15 is 0 Å². The van der Waals surface area contributed by atoms with Crippen LogP contribution in [0, 0.1) is 12.3 Å². The largest absolute Gasteiger partial charge is 0.421 e. The molecule has 0 aliphatic heterocycles. The van der Waals surface area contributed by atoms with E-state index in [1.165, 1.54) is 6.92 Å². The molecule has 2 aliphatic carbocycles. The molecule has 44 heavy (non-hydrogen) atoms. The third-order valence-corrected chi connectivity index (χ3v) is 6.79. The van der Waals surface area contributed by atoms with Gasteiger partial charge in [0.2, 0.25) is 23.6 Å². The van der Waals surface area contributed by atoms with Gasteiger partial charge in [-0.25, -0.2) is 0 Å². The summed E-state index contributed by atoms with van der Waals surface area (Å²) in [5.74, 6) is 0.734. The van der Waals surface area contributed by atoms with Gasteiger partial charge in [-0.2, -0.15) is 0 Å². The van der Waals surface area contributed by atoms with Gasteiger partial charge in [-0.1, -0.05) is 27.7 Å². The van der Waals surface area contributed by atoms with Crippen LogP contribution in [0.2, 0.25) is 0 Å². The summed E-state index contributed by atoms with van der Waals surface area (Å²) in [6.45, 7) is 14.3. The van der Waals surface area contributed by atoms with Gasteiger partial charge in [-0.15, -0.1) is 10.2 Å². The van der Waals surface area contributed by atoms with Gasteiger partial charge in [0.15, 0.2) is 0 Å². The average Bonchev–Trinajstić information content (AvgIpc) is 3.42. The maximum Gasteiger partial charge on any atom is 0.251 e. The van der Waals surface area contributed by atoms with E-state index in [0.29, 0.717) is 68.2 Å². The minimum atomic E-state index is -0.250. The first kappa shape index (κ1) is 38.6. The summed E-state index contributed by atoms with van der Waals surface area (Å²) in [5.41, 5.74) is 1.60. The molecule has 1 heterocycles. The number of carbonyl (C=O) groups excluding carboxylic acids is 3. The number of ether oxygens (including phenoxy) is 2. The van der Waals surface area contributed by atoms with Crippen molar-refractivity contribution in [2.24, 2.45) is 5.41 Å². The van der Waals surface area contributed by atoms with Crippen molar-refractivity contribution in [2.45, 2.75) is 92.7 Å². The predicted molar refractivity (Wildman–Crippen MR) is 168 cm³/mol. The second-order valence-electron chi connectivity index (χ2n) is 10.2. The Bertz CT molecular complexity index is 1100. The van der Waals surface area contributed by atoms with Crippen molar-refractivity contribution in [2.75, 3.05) is 39.6 Å². The second-order valence-corrected chi connectivity index (χ2v) is 10.2. The average molecular weight is 622 g/mol. The molecule has 1 aromatic heterocycles. The Morgan fingerprint density at radius 1 is 0.909 bits per heavy atom. The molecule has 0 bridgehead atoms. The van der Waals surface area contributed by atoms with Crippen LogP contribution in [0.25, 0.3) is 11.5 Å². The minimum absolute atomic E-state index is 0.00134. The number of nitrogens with one attached hydrogen (secondary N) is 3. The molecule has 2 fully saturated rings. The zero-order chi connectivity index (χ0) is 33.0. The highest BCUT2D eigenvalue weighted by molar-refractivity contribution is 5.94. The maximum atomic E-state index is 12.2. The van der Waals surface area contributed by atoms with Crippen LogP contribution in [-0.2, 0) is 19.1 Å². The van der Waals surface area contributed by atoms with Gasteiger partial charge in [0.05, 0.1) is 33.1 Å². The smallest absolute Gasteiger partial charge is 0.251 e. The Labute approximate surface area is 261 Å². The van der Waals surface area contributed by atoms with Crippen molar-refractivity contribution in [1.29, 1.82) is 0 Å². The lowest BCUT2D eigenvalue weighted by atomic mass is 9.52. The lowest BCUT2D eigenvalue weighted by Gasteiger charge is -2.57. The zero-order valence-corrected chi connectivity index (χ0v) is 27.5. The molecule has 248 valence electrons. The fourth-order valence-electron chi connectivity index (χ4n) is 5.10. The number of aryl methyl sites for hydroxylation is 1. The molecule has 2 saturated carbocycles. The molecule has 0 radical (unpaired) electrons. The van der Waals surface area contributed by atoms with Crippen molar-refractivity contribution in [3.05, 3.63) is 35.7 Å². The van der Waals surface area contributed by atoms with E-state index in [9.17, 15) is 18.8 Å². The Balaban J connectivity index is 0.00000128. The predicted octanol–water partition coefficient (Wildman–Crippen LogP) is 4.79. The third kappa shape index (κ3) is 13.5. The number of nitrogens with zero attached hydrogens (tertiary/aromatic N) is 2. The monoisotopic (exact) mass is 621 g/mol. The van der Waals surface area contributed by atoms with Crippen molar-refractivity contribution >= 4 is 17.7 Å². The molecule has 3 N–H and O–H groups in total. The van der Waals surface area contributed by atoms with Crippen molar-refractivity contribution in [3.8, 4) is 11.5 Å². The van der Waals surface area contributed by atoms with E-state index in [1.807, 2.05) is 27.7 Å². The van der Waals surface area contributed by atoms with Gasteiger partial charge in [0.1, 0.15) is 0 Å². The minimum Gasteiger partial charge on any atom is -0.421 e. The van der Waals surface area contributed by atoms with Crippen LogP contribution < -0.4 is 16.0 Å². The molecule has 11 nitrogen and oxygen atoms in total. The van der Waals surface area contributed by atoms with E-state index in [4.69, 9.17) is 13.9 Å². The zero-order valence-electron chi connectivity index (χ0n) is 27.5. The van der Waals surface area contributed by atoms with Crippen LogP contribution in [0.5, 0.6) is 0 Å². The van der Waals surface area contributed by atoms with Crippen LogP contribution in [0.3, 0.4) is 0 Å². The summed E-state index contributed by atoms with van der Waals surface area (Å²) in [6, 6.07) is 7.46. The number of alkyl halides is 1. The quantitative estimate of drug-likeness (QED) is 0.271. The molecule has 3 amide bonds. The topological polar surface area (TPSA) is 145 Å². The Kier molecular flexibility index (Phi) is 18.7. The normalized spacial score (nSPS) is 19.3. The first-order valence-corrected chi connectivity index (χ1v) is 15.7. The number of aromatic nitrogens is 2. The standard InChI is InChI=1S/C26H35N5O6.C2H5F.2C2H6/c1-17(32)28-21-13-26(14-21)15-22(16-26)29-23(33)7-9-35-11-12-36-10-8-27-24(34)19-3-5-20(6-4-19)25-31-30-18(2)37-25;1-2-3;2*1-2/h3-6,21-22H,7-16H2,1-2H3,(H,27,34)(H,28,32)(H,29,33);2H2,1H3;2*1-2H3. The highest BCUT2D eigenvalue weighted by atomic mass is 19.1. The molecule has 4 rings (SSSR count). The summed E-state index contributed by atoms with van der Waals surface area (Å²) in [5, 5.41) is 16.6. The Morgan fingerprint density at radius 2 is 1.45 bits per heavy atom. The van der Waals surface area contributed by atoms with Gasteiger partial charge < -0.3 is 29.8 Å². The fraction of sp³-hybridized carbons (Fsp3) is 0.656. The van der Waals surface area contributed by atoms with Crippen LogP contribution in [0.15, 0.2) is 28.7 Å². The second kappa shape index (κ2) is 21.3. The molecule has 12 heteroatoms. The van der Waals surface area contributed by atoms with Crippen molar-refractivity contribution in [1.82, 2.24) is 26.1 Å². The summed E-state index contributed by atoms with van der Waals surface area (Å²) in [7, 11) is 0. The van der Waals surface area contributed by atoms with Gasteiger partial charge in [-0.3, -0.25) is 18.8 Å². The van der Waals surface area contributed by atoms with E-state index in [2.05, 4.69) is 26.1 Å². The molecule has 2 aliphatic rings. The summed E-state index contributed by atoms with van der Waals surface area (Å²) in [4.78, 5) is 35.4. The van der Waals surface area contributed by atoms with Gasteiger partial charge in [0.25, 0.3) is 5.91 Å². The van der Waals surface area contributed by atoms with Crippen LogP contribution >= 0.6 is 0 Å². The summed E-state index contributed by atoms with van der Waals surface area (Å²) >= 11 is 0. The molecular weight excluding hydrogens is 569 g/mol. The lowest BCUT2D eigenvalue weighted by Crippen LogP contribution is -2.61. The van der Waals surface area contributed by atoms with Gasteiger partial charge in [0, 0.05) is 50.0 Å². The van der Waals surface area contributed by atoms with Crippen LogP contribution in [0.1, 0.15) is 89.9 Å². The highest BCUT2D eigenvalue weighted by Gasteiger charge is 2.53. The van der Waals surface area contributed by atoms with Crippen LogP contribution in [0.4, 0.5) is 4.39 Å². The molecule has 2 aromatic rings. The van der Waals surface area contributed by atoms with E-state index in [-0.39, 0.29) is 30.4 Å². The van der Waals surface area contributed by atoms with Crippen LogP contribution in [-0.4, -0.2) is 79.6 Å². The van der Waals surface area contributed by atoms with E-state index in [1.54, 1.807) is 38.1 Å². The number of benzene rings is 1. The van der Waals surface area contributed by atoms with E-state index < -0.39 is 0 Å². The van der Waals surface area contributed by atoms with E-state index in [0.717, 1.165) is 31.2 Å². The molecule has 0 unspecified atom stereocenters. The fourth-order valence-corrected chi connectivity index (χ4v) is 5.10. The number of hydrogen-bond acceptors (Lipinski definition) is 8. The number of hydrogen-bond donors (Lipinski definition) is 3. The summed E-state index contributed by atoms with van der Waals surface area (Å²) in [6.07, 6.45) is 4.33. The highest BCUT2D eigenvalue weighted by Crippen LogP contribution is 2.55. The van der Waals surface area contributed by atoms with Crippen molar-refractivity contribution < 1.29 is 32.7 Å². The Morgan fingerprint density at radius 3 is 1.98 bits per heavy atom.